The van der Waals surface area contributed by atoms with Crippen LogP contribution in [-0.4, -0.2) is 31.7 Å². The van der Waals surface area contributed by atoms with Crippen LogP contribution in [0.15, 0.2) is 0 Å². The standard InChI is InChI=1S/C5H10ClNO/c6-3-5-4-7-1-2-8-5/h5,7H,1-4H2. The Morgan fingerprint density at radius 2 is 2.62 bits per heavy atom. The van der Waals surface area contributed by atoms with E-state index in [4.69, 9.17) is 16.3 Å². The van der Waals surface area contributed by atoms with Crippen LogP contribution in [0, 0.1) is 0 Å². The van der Waals surface area contributed by atoms with Gasteiger partial charge in [-0.1, -0.05) is 0 Å². The van der Waals surface area contributed by atoms with Gasteiger partial charge in [0.15, 0.2) is 0 Å². The van der Waals surface area contributed by atoms with Gasteiger partial charge in [0.1, 0.15) is 0 Å². The number of rotatable bonds is 1. The van der Waals surface area contributed by atoms with E-state index >= 15 is 0 Å². The summed E-state index contributed by atoms with van der Waals surface area (Å²) >= 11 is 5.52. The van der Waals surface area contributed by atoms with E-state index in [9.17, 15) is 0 Å². The van der Waals surface area contributed by atoms with Gasteiger partial charge in [0, 0.05) is 19.0 Å². The third-order valence-electron chi connectivity index (χ3n) is 1.18. The summed E-state index contributed by atoms with van der Waals surface area (Å²) in [5.41, 5.74) is 0. The smallest absolute Gasteiger partial charge is 0.0835 e. The Kier molecular flexibility index (Phi) is 2.59. The largest absolute Gasteiger partial charge is 0.374 e. The topological polar surface area (TPSA) is 21.3 Å². The average Bonchev–Trinajstić information content (AvgIpc) is 1.90. The summed E-state index contributed by atoms with van der Waals surface area (Å²) in [6.07, 6.45) is 0.241. The van der Waals surface area contributed by atoms with Crippen molar-refractivity contribution in [2.45, 2.75) is 6.10 Å². The molecule has 1 atom stereocenters. The third-order valence-corrected chi connectivity index (χ3v) is 1.52. The van der Waals surface area contributed by atoms with Crippen LogP contribution in [0.3, 0.4) is 0 Å². The van der Waals surface area contributed by atoms with Crippen molar-refractivity contribution in [2.75, 3.05) is 25.6 Å². The minimum Gasteiger partial charge on any atom is -0.374 e. The van der Waals surface area contributed by atoms with E-state index in [0.717, 1.165) is 19.7 Å². The molecule has 0 aromatic rings. The lowest BCUT2D eigenvalue weighted by Gasteiger charge is -2.20. The molecular formula is C5H10ClNO. The fourth-order valence-electron chi connectivity index (χ4n) is 0.719. The molecule has 0 radical (unpaired) electrons. The van der Waals surface area contributed by atoms with Crippen molar-refractivity contribution in [3.63, 3.8) is 0 Å². The lowest BCUT2D eigenvalue weighted by atomic mass is 10.3. The summed E-state index contributed by atoms with van der Waals surface area (Å²) < 4.78 is 5.23. The van der Waals surface area contributed by atoms with Crippen LogP contribution in [-0.2, 0) is 4.74 Å². The van der Waals surface area contributed by atoms with Gasteiger partial charge >= 0.3 is 0 Å². The molecule has 0 aliphatic carbocycles. The molecule has 8 heavy (non-hydrogen) atoms. The van der Waals surface area contributed by atoms with Crippen molar-refractivity contribution in [2.24, 2.45) is 0 Å². The second-order valence-corrected chi connectivity index (χ2v) is 2.16. The Morgan fingerprint density at radius 1 is 1.75 bits per heavy atom. The third kappa shape index (κ3) is 1.62. The zero-order valence-electron chi connectivity index (χ0n) is 4.69. The summed E-state index contributed by atoms with van der Waals surface area (Å²) in [7, 11) is 0. The Bertz CT molecular complexity index is 63.4. The van der Waals surface area contributed by atoms with Crippen LogP contribution >= 0.6 is 11.6 Å². The van der Waals surface area contributed by atoms with E-state index < -0.39 is 0 Å². The van der Waals surface area contributed by atoms with Gasteiger partial charge in [0.05, 0.1) is 12.7 Å². The van der Waals surface area contributed by atoms with E-state index in [-0.39, 0.29) is 6.10 Å². The Balaban J connectivity index is 2.13. The molecule has 1 aliphatic heterocycles. The van der Waals surface area contributed by atoms with Gasteiger partial charge in [0.25, 0.3) is 0 Å². The minimum atomic E-state index is 0.241. The van der Waals surface area contributed by atoms with Crippen molar-refractivity contribution in [3.05, 3.63) is 0 Å². The minimum absolute atomic E-state index is 0.241. The quantitative estimate of drug-likeness (QED) is 0.520. The molecule has 3 heteroatoms. The molecule has 1 unspecified atom stereocenters. The summed E-state index contributed by atoms with van der Waals surface area (Å²) in [5, 5.41) is 3.18. The second-order valence-electron chi connectivity index (χ2n) is 1.85. The lowest BCUT2D eigenvalue weighted by Crippen LogP contribution is -2.39. The van der Waals surface area contributed by atoms with Gasteiger partial charge in [-0.25, -0.2) is 0 Å². The fraction of sp³-hybridized carbons (Fsp3) is 1.00. The molecule has 0 aromatic carbocycles. The molecule has 1 N–H and O–H groups in total. The van der Waals surface area contributed by atoms with E-state index in [1.807, 2.05) is 0 Å². The van der Waals surface area contributed by atoms with E-state index in [2.05, 4.69) is 5.32 Å². The van der Waals surface area contributed by atoms with Crippen LogP contribution in [0.2, 0.25) is 0 Å². The molecule has 1 saturated heterocycles. The number of hydrogen-bond donors (Lipinski definition) is 1. The van der Waals surface area contributed by atoms with Crippen molar-refractivity contribution < 1.29 is 4.74 Å². The van der Waals surface area contributed by atoms with E-state index in [0.29, 0.717) is 5.88 Å². The highest BCUT2D eigenvalue weighted by molar-refractivity contribution is 6.18. The maximum absolute atomic E-state index is 5.52. The molecule has 1 heterocycles. The SMILES string of the molecule is ClCC1CNCCO1. The maximum Gasteiger partial charge on any atom is 0.0835 e. The molecule has 1 rings (SSSR count). The zero-order valence-corrected chi connectivity index (χ0v) is 5.45. The highest BCUT2D eigenvalue weighted by Crippen LogP contribution is 1.96. The normalized spacial score (nSPS) is 30.4. The van der Waals surface area contributed by atoms with Gasteiger partial charge in [-0.3, -0.25) is 0 Å². The lowest BCUT2D eigenvalue weighted by molar-refractivity contribution is 0.0432. The molecule has 0 spiro atoms. The Labute approximate surface area is 54.2 Å². The average molecular weight is 136 g/mol. The molecule has 0 bridgehead atoms. The first-order valence-electron chi connectivity index (χ1n) is 2.82. The monoisotopic (exact) mass is 135 g/mol. The van der Waals surface area contributed by atoms with Crippen LogP contribution in [0.1, 0.15) is 0 Å². The number of hydrogen-bond acceptors (Lipinski definition) is 2. The van der Waals surface area contributed by atoms with Crippen molar-refractivity contribution in [1.29, 1.82) is 0 Å². The van der Waals surface area contributed by atoms with Crippen LogP contribution < -0.4 is 5.32 Å². The summed E-state index contributed by atoms with van der Waals surface area (Å²) in [6.45, 7) is 2.67. The van der Waals surface area contributed by atoms with Gasteiger partial charge in [-0.05, 0) is 0 Å². The highest BCUT2D eigenvalue weighted by atomic mass is 35.5. The van der Waals surface area contributed by atoms with Crippen LogP contribution in [0.4, 0.5) is 0 Å². The number of nitrogens with one attached hydrogen (secondary N) is 1. The molecule has 0 amide bonds. The van der Waals surface area contributed by atoms with Gasteiger partial charge in [-0.2, -0.15) is 0 Å². The molecule has 1 fully saturated rings. The first kappa shape index (κ1) is 6.33. The van der Waals surface area contributed by atoms with Crippen molar-refractivity contribution in [3.8, 4) is 0 Å². The number of morpholine rings is 1. The molecule has 2 nitrogen and oxygen atoms in total. The molecule has 0 saturated carbocycles. The predicted molar refractivity (Wildman–Crippen MR) is 33.3 cm³/mol. The summed E-state index contributed by atoms with van der Waals surface area (Å²) in [6, 6.07) is 0. The van der Waals surface area contributed by atoms with Gasteiger partial charge in [-0.15, -0.1) is 11.6 Å². The number of ether oxygens (including phenoxy) is 1. The highest BCUT2D eigenvalue weighted by Gasteiger charge is 2.10. The first-order valence-corrected chi connectivity index (χ1v) is 3.35. The maximum atomic E-state index is 5.52. The molecule has 48 valence electrons. The first-order chi connectivity index (χ1) is 3.93. The number of halogens is 1. The molecular weight excluding hydrogens is 126 g/mol. The Hall–Kier alpha value is 0.210. The summed E-state index contributed by atoms with van der Waals surface area (Å²) in [5.74, 6) is 0.604. The van der Waals surface area contributed by atoms with Crippen molar-refractivity contribution >= 4 is 11.6 Å². The van der Waals surface area contributed by atoms with Crippen LogP contribution in [0.5, 0.6) is 0 Å². The fourth-order valence-corrected chi connectivity index (χ4v) is 0.917. The number of alkyl halides is 1. The zero-order chi connectivity index (χ0) is 5.82. The van der Waals surface area contributed by atoms with E-state index in [1.165, 1.54) is 0 Å². The summed E-state index contributed by atoms with van der Waals surface area (Å²) in [4.78, 5) is 0. The van der Waals surface area contributed by atoms with Gasteiger partial charge < -0.3 is 10.1 Å². The van der Waals surface area contributed by atoms with Gasteiger partial charge in [0.2, 0.25) is 0 Å². The van der Waals surface area contributed by atoms with Crippen LogP contribution in [0.25, 0.3) is 0 Å². The Morgan fingerprint density at radius 3 is 3.00 bits per heavy atom. The second kappa shape index (κ2) is 3.28. The van der Waals surface area contributed by atoms with Crippen molar-refractivity contribution in [1.82, 2.24) is 5.32 Å². The molecule has 1 aliphatic rings. The predicted octanol–water partition coefficient (Wildman–Crippen LogP) is 0.214. The molecule has 0 aromatic heterocycles. The van der Waals surface area contributed by atoms with E-state index in [1.54, 1.807) is 0 Å².